The number of thiocarbonyl (C=S) groups is 1. The highest BCUT2D eigenvalue weighted by molar-refractivity contribution is 7.89. The third-order valence-corrected chi connectivity index (χ3v) is 6.16. The van der Waals surface area contributed by atoms with Crippen molar-refractivity contribution >= 4 is 27.2 Å². The van der Waals surface area contributed by atoms with Crippen LogP contribution in [0.3, 0.4) is 0 Å². The first kappa shape index (κ1) is 14.2. The van der Waals surface area contributed by atoms with E-state index in [1.807, 2.05) is 6.92 Å². The van der Waals surface area contributed by atoms with Crippen LogP contribution in [-0.4, -0.2) is 60.6 Å². The lowest BCUT2D eigenvalue weighted by atomic mass is 10.2. The van der Waals surface area contributed by atoms with E-state index in [-0.39, 0.29) is 6.04 Å². The molecular formula is C11H21N3O2S2. The van der Waals surface area contributed by atoms with Crippen LogP contribution in [0.5, 0.6) is 0 Å². The maximum absolute atomic E-state index is 12.1. The monoisotopic (exact) mass is 291 g/mol. The minimum Gasteiger partial charge on any atom is -0.392 e. The van der Waals surface area contributed by atoms with Gasteiger partial charge in [-0.2, -0.15) is 4.31 Å². The number of nitrogens with two attached hydrogens (primary N) is 1. The zero-order chi connectivity index (χ0) is 13.3. The Morgan fingerprint density at radius 3 is 2.33 bits per heavy atom. The van der Waals surface area contributed by atoms with Crippen LogP contribution in [0.15, 0.2) is 0 Å². The van der Waals surface area contributed by atoms with Crippen LogP contribution >= 0.6 is 12.2 Å². The van der Waals surface area contributed by atoms with Gasteiger partial charge in [0.1, 0.15) is 0 Å². The average molecular weight is 291 g/mol. The molecule has 1 aliphatic heterocycles. The van der Waals surface area contributed by atoms with Crippen LogP contribution in [0.25, 0.3) is 0 Å². The second kappa shape index (κ2) is 5.40. The van der Waals surface area contributed by atoms with Gasteiger partial charge in [-0.05, 0) is 25.7 Å². The summed E-state index contributed by atoms with van der Waals surface area (Å²) in [4.78, 5) is 2.62. The smallest absolute Gasteiger partial charge is 0.214 e. The number of nitrogens with zero attached hydrogens (tertiary/aromatic N) is 2. The highest BCUT2D eigenvalue weighted by atomic mass is 32.2. The van der Waals surface area contributed by atoms with Gasteiger partial charge in [0.2, 0.25) is 10.0 Å². The van der Waals surface area contributed by atoms with E-state index in [0.29, 0.717) is 42.8 Å². The molecule has 1 unspecified atom stereocenters. The molecule has 2 fully saturated rings. The van der Waals surface area contributed by atoms with Gasteiger partial charge in [-0.25, -0.2) is 8.42 Å². The summed E-state index contributed by atoms with van der Waals surface area (Å²) < 4.78 is 25.8. The summed E-state index contributed by atoms with van der Waals surface area (Å²) in [6.07, 6.45) is 2.13. The molecule has 1 heterocycles. The molecule has 1 saturated carbocycles. The molecule has 0 spiro atoms. The Labute approximate surface area is 114 Å². The van der Waals surface area contributed by atoms with Crippen molar-refractivity contribution in [2.24, 2.45) is 11.7 Å². The molecule has 2 rings (SSSR count). The molecule has 0 aromatic carbocycles. The molecule has 5 nitrogen and oxygen atoms in total. The maximum atomic E-state index is 12.1. The van der Waals surface area contributed by atoms with Gasteiger partial charge in [-0.3, -0.25) is 4.90 Å². The first-order valence-electron chi connectivity index (χ1n) is 6.41. The lowest BCUT2D eigenvalue weighted by molar-refractivity contribution is 0.175. The van der Waals surface area contributed by atoms with Crippen molar-refractivity contribution < 1.29 is 8.42 Å². The molecule has 2 N–H and O–H groups in total. The van der Waals surface area contributed by atoms with Gasteiger partial charge in [0, 0.05) is 26.2 Å². The van der Waals surface area contributed by atoms with Crippen LogP contribution in [0, 0.1) is 5.92 Å². The maximum Gasteiger partial charge on any atom is 0.214 e. The molecule has 0 bridgehead atoms. The van der Waals surface area contributed by atoms with Gasteiger partial charge in [-0.15, -0.1) is 0 Å². The Morgan fingerprint density at radius 2 is 1.89 bits per heavy atom. The second-order valence-electron chi connectivity index (χ2n) is 5.24. The van der Waals surface area contributed by atoms with Gasteiger partial charge < -0.3 is 5.73 Å². The molecule has 0 amide bonds. The zero-order valence-corrected chi connectivity index (χ0v) is 12.3. The van der Waals surface area contributed by atoms with Crippen molar-refractivity contribution in [3.63, 3.8) is 0 Å². The summed E-state index contributed by atoms with van der Waals surface area (Å²) in [6, 6.07) is 0.0493. The SMILES string of the molecule is CC(C(N)=S)N1CCN(S(=O)(=O)CC2CC2)CC1. The summed E-state index contributed by atoms with van der Waals surface area (Å²) in [6.45, 7) is 4.51. The lowest BCUT2D eigenvalue weighted by Gasteiger charge is -2.37. The minimum atomic E-state index is -3.05. The molecule has 18 heavy (non-hydrogen) atoms. The number of piperazine rings is 1. The van der Waals surface area contributed by atoms with Crippen molar-refractivity contribution in [1.29, 1.82) is 0 Å². The largest absolute Gasteiger partial charge is 0.392 e. The number of sulfonamides is 1. The lowest BCUT2D eigenvalue weighted by Crippen LogP contribution is -2.54. The van der Waals surface area contributed by atoms with Crippen LogP contribution in [0.4, 0.5) is 0 Å². The predicted molar refractivity (Wildman–Crippen MR) is 75.9 cm³/mol. The van der Waals surface area contributed by atoms with E-state index in [4.69, 9.17) is 18.0 Å². The van der Waals surface area contributed by atoms with Crippen molar-refractivity contribution in [2.45, 2.75) is 25.8 Å². The summed E-state index contributed by atoms with van der Waals surface area (Å²) in [5.41, 5.74) is 5.62. The van der Waals surface area contributed by atoms with Crippen LogP contribution < -0.4 is 5.73 Å². The fourth-order valence-electron chi connectivity index (χ4n) is 2.24. The van der Waals surface area contributed by atoms with E-state index >= 15 is 0 Å². The molecule has 0 aromatic heterocycles. The first-order chi connectivity index (χ1) is 8.40. The summed E-state index contributed by atoms with van der Waals surface area (Å²) in [7, 11) is -3.05. The van der Waals surface area contributed by atoms with Gasteiger partial charge in [0.15, 0.2) is 0 Å². The van der Waals surface area contributed by atoms with Crippen LogP contribution in [-0.2, 0) is 10.0 Å². The number of rotatable bonds is 5. The summed E-state index contributed by atoms with van der Waals surface area (Å²) in [5, 5.41) is 0. The third-order valence-electron chi connectivity index (χ3n) is 3.77. The van der Waals surface area contributed by atoms with E-state index in [2.05, 4.69) is 4.90 Å². The fraction of sp³-hybridized carbons (Fsp3) is 0.909. The van der Waals surface area contributed by atoms with Gasteiger partial charge >= 0.3 is 0 Å². The third kappa shape index (κ3) is 3.40. The molecule has 0 radical (unpaired) electrons. The van der Waals surface area contributed by atoms with E-state index in [1.165, 1.54) is 0 Å². The molecule has 2 aliphatic rings. The molecular weight excluding hydrogens is 270 g/mol. The van der Waals surface area contributed by atoms with E-state index < -0.39 is 10.0 Å². The Bertz CT molecular complexity index is 412. The topological polar surface area (TPSA) is 66.6 Å². The fourth-order valence-corrected chi connectivity index (χ4v) is 4.25. The standard InChI is InChI=1S/C11H21N3O2S2/c1-9(11(12)17)13-4-6-14(7-5-13)18(15,16)8-10-2-3-10/h9-10H,2-8H2,1H3,(H2,12,17). The highest BCUT2D eigenvalue weighted by Crippen LogP contribution is 2.31. The Hall–Kier alpha value is -0.240. The van der Waals surface area contributed by atoms with Crippen LogP contribution in [0.1, 0.15) is 19.8 Å². The Morgan fingerprint density at radius 1 is 1.33 bits per heavy atom. The summed E-state index contributed by atoms with van der Waals surface area (Å²) in [5.74, 6) is 0.737. The normalized spacial score (nSPS) is 24.9. The Balaban J connectivity index is 1.87. The highest BCUT2D eigenvalue weighted by Gasteiger charge is 2.34. The zero-order valence-electron chi connectivity index (χ0n) is 10.7. The predicted octanol–water partition coefficient (Wildman–Crippen LogP) is 0.0184. The molecule has 1 saturated heterocycles. The van der Waals surface area contributed by atoms with E-state index in [1.54, 1.807) is 4.31 Å². The molecule has 104 valence electrons. The van der Waals surface area contributed by atoms with Crippen molar-refractivity contribution in [3.8, 4) is 0 Å². The first-order valence-corrected chi connectivity index (χ1v) is 8.43. The van der Waals surface area contributed by atoms with E-state index in [9.17, 15) is 8.42 Å². The number of hydrogen-bond acceptors (Lipinski definition) is 4. The second-order valence-corrected chi connectivity index (χ2v) is 7.72. The van der Waals surface area contributed by atoms with Crippen molar-refractivity contribution in [1.82, 2.24) is 9.21 Å². The molecule has 1 aliphatic carbocycles. The minimum absolute atomic E-state index is 0.0493. The van der Waals surface area contributed by atoms with Crippen molar-refractivity contribution in [2.75, 3.05) is 31.9 Å². The molecule has 7 heteroatoms. The van der Waals surface area contributed by atoms with Crippen LogP contribution in [0.2, 0.25) is 0 Å². The molecule has 0 aromatic rings. The quantitative estimate of drug-likeness (QED) is 0.723. The van der Waals surface area contributed by atoms with E-state index in [0.717, 1.165) is 12.8 Å². The Kier molecular flexibility index (Phi) is 4.25. The average Bonchev–Trinajstić information content (AvgIpc) is 3.11. The van der Waals surface area contributed by atoms with Gasteiger partial charge in [0.25, 0.3) is 0 Å². The molecule has 1 atom stereocenters. The van der Waals surface area contributed by atoms with Gasteiger partial charge in [0.05, 0.1) is 16.8 Å². The summed E-state index contributed by atoms with van der Waals surface area (Å²) >= 11 is 4.97. The number of hydrogen-bond donors (Lipinski definition) is 1. The van der Waals surface area contributed by atoms with Crippen molar-refractivity contribution in [3.05, 3.63) is 0 Å². The van der Waals surface area contributed by atoms with Gasteiger partial charge in [-0.1, -0.05) is 12.2 Å².